The topological polar surface area (TPSA) is 113 Å². The predicted molar refractivity (Wildman–Crippen MR) is 90.3 cm³/mol. The Hall–Kier alpha value is -1.93. The average molecular weight is 356 g/mol. The van der Waals surface area contributed by atoms with Gasteiger partial charge in [-0.1, -0.05) is 6.42 Å². The van der Waals surface area contributed by atoms with Crippen molar-refractivity contribution >= 4 is 21.9 Å². The number of carbonyl (C=O) groups excluding carboxylic acids is 1. The summed E-state index contributed by atoms with van der Waals surface area (Å²) in [5.74, 6) is -1.10. The normalized spacial score (nSPS) is 11.5. The molecular formula is C16H24N2O5S. The number of carboxylic acids is 1. The van der Waals surface area contributed by atoms with Crippen LogP contribution in [0.4, 0.5) is 0 Å². The number of rotatable bonds is 10. The number of carboxylic acid groups (broad SMARTS) is 1. The molecule has 1 amide bonds. The molecule has 0 atom stereocenters. The lowest BCUT2D eigenvalue weighted by atomic mass is 10.2. The average Bonchev–Trinajstić information content (AvgIpc) is 2.49. The third-order valence-corrected chi connectivity index (χ3v) is 4.85. The van der Waals surface area contributed by atoms with Crippen LogP contribution in [0.15, 0.2) is 29.2 Å². The number of carbonyl (C=O) groups is 2. The van der Waals surface area contributed by atoms with Crippen molar-refractivity contribution in [2.24, 2.45) is 0 Å². The maximum Gasteiger partial charge on any atom is 0.303 e. The zero-order valence-corrected chi connectivity index (χ0v) is 14.7. The first-order chi connectivity index (χ1) is 11.2. The van der Waals surface area contributed by atoms with Gasteiger partial charge in [-0.25, -0.2) is 13.1 Å². The Labute approximate surface area is 142 Å². The van der Waals surface area contributed by atoms with Crippen LogP contribution >= 0.6 is 0 Å². The van der Waals surface area contributed by atoms with Gasteiger partial charge in [-0.2, -0.15) is 0 Å². The molecule has 0 heterocycles. The van der Waals surface area contributed by atoms with Crippen molar-refractivity contribution in [3.8, 4) is 0 Å². The van der Waals surface area contributed by atoms with Crippen molar-refractivity contribution in [2.75, 3.05) is 6.54 Å². The van der Waals surface area contributed by atoms with E-state index >= 15 is 0 Å². The van der Waals surface area contributed by atoms with Crippen molar-refractivity contribution in [1.29, 1.82) is 0 Å². The molecule has 8 heteroatoms. The molecule has 1 rings (SSSR count). The maximum atomic E-state index is 12.0. The molecule has 0 saturated carbocycles. The van der Waals surface area contributed by atoms with Gasteiger partial charge in [0.15, 0.2) is 0 Å². The summed E-state index contributed by atoms with van der Waals surface area (Å²) in [6.45, 7) is 3.92. The number of unbranched alkanes of at least 4 members (excludes halogenated alkanes) is 2. The van der Waals surface area contributed by atoms with Gasteiger partial charge < -0.3 is 10.4 Å². The lowest BCUT2D eigenvalue weighted by Gasteiger charge is -2.10. The Kier molecular flexibility index (Phi) is 7.87. The molecule has 0 aromatic heterocycles. The minimum Gasteiger partial charge on any atom is -0.481 e. The third kappa shape index (κ3) is 7.10. The summed E-state index contributed by atoms with van der Waals surface area (Å²) in [4.78, 5) is 22.4. The molecule has 24 heavy (non-hydrogen) atoms. The van der Waals surface area contributed by atoms with Gasteiger partial charge in [0, 0.05) is 24.6 Å². The molecule has 0 saturated heterocycles. The number of benzene rings is 1. The van der Waals surface area contributed by atoms with E-state index in [9.17, 15) is 18.0 Å². The van der Waals surface area contributed by atoms with E-state index in [2.05, 4.69) is 10.0 Å². The summed E-state index contributed by atoms with van der Waals surface area (Å²) in [5, 5.41) is 11.2. The molecule has 0 radical (unpaired) electrons. The molecule has 0 bridgehead atoms. The zero-order valence-electron chi connectivity index (χ0n) is 13.9. The second-order valence-electron chi connectivity index (χ2n) is 5.76. The van der Waals surface area contributed by atoms with Crippen molar-refractivity contribution in [2.45, 2.75) is 50.5 Å². The van der Waals surface area contributed by atoms with Crippen LogP contribution in [-0.4, -0.2) is 38.0 Å². The van der Waals surface area contributed by atoms with Gasteiger partial charge in [-0.15, -0.1) is 0 Å². The van der Waals surface area contributed by atoms with E-state index in [0.717, 1.165) is 6.42 Å². The number of sulfonamides is 1. The number of hydrogen-bond donors (Lipinski definition) is 3. The minimum absolute atomic E-state index is 0.112. The van der Waals surface area contributed by atoms with Crippen molar-refractivity contribution < 1.29 is 23.1 Å². The van der Waals surface area contributed by atoms with Crippen molar-refractivity contribution in [3.63, 3.8) is 0 Å². The Morgan fingerprint density at radius 3 is 2.25 bits per heavy atom. The molecule has 1 aromatic carbocycles. The van der Waals surface area contributed by atoms with Crippen molar-refractivity contribution in [3.05, 3.63) is 29.8 Å². The van der Waals surface area contributed by atoms with E-state index in [1.54, 1.807) is 13.8 Å². The van der Waals surface area contributed by atoms with Gasteiger partial charge >= 0.3 is 5.97 Å². The number of hydrogen-bond acceptors (Lipinski definition) is 4. The Morgan fingerprint density at radius 1 is 1.08 bits per heavy atom. The molecule has 1 aromatic rings. The molecule has 0 spiro atoms. The van der Waals surface area contributed by atoms with Crippen LogP contribution in [0.2, 0.25) is 0 Å². The van der Waals surface area contributed by atoms with Gasteiger partial charge in [0.2, 0.25) is 10.0 Å². The quantitative estimate of drug-likeness (QED) is 0.553. The fourth-order valence-corrected chi connectivity index (χ4v) is 3.30. The second kappa shape index (κ2) is 9.39. The largest absolute Gasteiger partial charge is 0.481 e. The third-order valence-electron chi connectivity index (χ3n) is 3.17. The maximum absolute atomic E-state index is 12.0. The van der Waals surface area contributed by atoms with Crippen LogP contribution in [0.3, 0.4) is 0 Å². The molecular weight excluding hydrogens is 332 g/mol. The molecule has 0 aliphatic heterocycles. The number of amides is 1. The van der Waals surface area contributed by atoms with Crippen LogP contribution in [0.1, 0.15) is 49.9 Å². The zero-order chi connectivity index (χ0) is 18.2. The van der Waals surface area contributed by atoms with Gasteiger partial charge in [0.25, 0.3) is 5.91 Å². The highest BCUT2D eigenvalue weighted by atomic mass is 32.2. The highest BCUT2D eigenvalue weighted by Gasteiger charge is 2.15. The Morgan fingerprint density at radius 2 is 1.71 bits per heavy atom. The summed E-state index contributed by atoms with van der Waals surface area (Å²) >= 11 is 0. The highest BCUT2D eigenvalue weighted by Crippen LogP contribution is 2.11. The molecule has 3 N–H and O–H groups in total. The molecule has 0 aliphatic rings. The van der Waals surface area contributed by atoms with Crippen LogP contribution in [0.5, 0.6) is 0 Å². The van der Waals surface area contributed by atoms with E-state index in [4.69, 9.17) is 5.11 Å². The van der Waals surface area contributed by atoms with E-state index in [1.165, 1.54) is 24.3 Å². The minimum atomic E-state index is -3.57. The lowest BCUT2D eigenvalue weighted by molar-refractivity contribution is -0.137. The van der Waals surface area contributed by atoms with Crippen LogP contribution in [0, 0.1) is 0 Å². The SMILES string of the molecule is CC(C)NS(=O)(=O)c1ccc(C(=O)NCCCCCC(=O)O)cc1. The van der Waals surface area contributed by atoms with Crippen LogP contribution in [-0.2, 0) is 14.8 Å². The second-order valence-corrected chi connectivity index (χ2v) is 7.47. The summed E-state index contributed by atoms with van der Waals surface area (Å²) in [6.07, 6.45) is 2.14. The van der Waals surface area contributed by atoms with E-state index in [1.807, 2.05) is 0 Å². The van der Waals surface area contributed by atoms with Crippen LogP contribution < -0.4 is 10.0 Å². The molecule has 7 nitrogen and oxygen atoms in total. The number of nitrogens with one attached hydrogen (secondary N) is 2. The summed E-state index contributed by atoms with van der Waals surface area (Å²) in [5.41, 5.74) is 0.379. The Balaban J connectivity index is 2.48. The first-order valence-corrected chi connectivity index (χ1v) is 9.33. The fourth-order valence-electron chi connectivity index (χ4n) is 2.05. The van der Waals surface area contributed by atoms with Crippen LogP contribution in [0.25, 0.3) is 0 Å². The van der Waals surface area contributed by atoms with Crippen molar-refractivity contribution in [1.82, 2.24) is 10.0 Å². The van der Waals surface area contributed by atoms with E-state index < -0.39 is 16.0 Å². The summed E-state index contributed by atoms with van der Waals surface area (Å²) in [6, 6.07) is 5.52. The van der Waals surface area contributed by atoms with Gasteiger partial charge in [-0.05, 0) is 51.0 Å². The molecule has 0 unspecified atom stereocenters. The predicted octanol–water partition coefficient (Wildman–Crippen LogP) is 1.75. The van der Waals surface area contributed by atoms with E-state index in [-0.39, 0.29) is 23.3 Å². The monoisotopic (exact) mass is 356 g/mol. The van der Waals surface area contributed by atoms with Gasteiger partial charge in [0.1, 0.15) is 0 Å². The summed E-state index contributed by atoms with van der Waals surface area (Å²) in [7, 11) is -3.57. The number of aliphatic carboxylic acids is 1. The van der Waals surface area contributed by atoms with E-state index in [0.29, 0.717) is 24.9 Å². The standard InChI is InChI=1S/C16H24N2O5S/c1-12(2)18-24(22,23)14-9-7-13(8-10-14)16(21)17-11-5-3-4-6-15(19)20/h7-10,12,18H,3-6,11H2,1-2H3,(H,17,21)(H,19,20). The summed E-state index contributed by atoms with van der Waals surface area (Å²) < 4.78 is 26.5. The molecule has 0 fully saturated rings. The highest BCUT2D eigenvalue weighted by molar-refractivity contribution is 7.89. The molecule has 0 aliphatic carbocycles. The van der Waals surface area contributed by atoms with Gasteiger partial charge in [-0.3, -0.25) is 9.59 Å². The molecule has 134 valence electrons. The van der Waals surface area contributed by atoms with Gasteiger partial charge in [0.05, 0.1) is 4.90 Å². The fraction of sp³-hybridized carbons (Fsp3) is 0.500. The first kappa shape index (κ1) is 20.1. The Bertz CT molecular complexity index is 654. The lowest BCUT2D eigenvalue weighted by Crippen LogP contribution is -2.30. The smallest absolute Gasteiger partial charge is 0.303 e. The first-order valence-electron chi connectivity index (χ1n) is 7.85.